The quantitative estimate of drug-likeness (QED) is 0.205. The monoisotopic (exact) mass is 510 g/mol. The molecule has 2 atom stereocenters. The van der Waals surface area contributed by atoms with Crippen LogP contribution in [0.1, 0.15) is 71.8 Å². The number of allylic oxidation sites excluding steroid dienone is 7. The van der Waals surface area contributed by atoms with E-state index in [4.69, 9.17) is 5.41 Å². The van der Waals surface area contributed by atoms with Gasteiger partial charge in [0.2, 0.25) is 0 Å². The number of nitrogens with one attached hydrogen (secondary N) is 2. The third kappa shape index (κ3) is 11.5. The Balaban J connectivity index is 0.000000367. The predicted octanol–water partition coefficient (Wildman–Crippen LogP) is 8.82. The first kappa shape index (κ1) is 31.0. The second kappa shape index (κ2) is 15.9. The van der Waals surface area contributed by atoms with Crippen LogP contribution in [0.5, 0.6) is 0 Å². The minimum absolute atomic E-state index is 0.197. The van der Waals surface area contributed by atoms with Gasteiger partial charge in [0.15, 0.2) is 0 Å². The second-order valence-electron chi connectivity index (χ2n) is 8.52. The summed E-state index contributed by atoms with van der Waals surface area (Å²) in [4.78, 5) is 0. The molecular formula is C28H39F4N2P. The lowest BCUT2D eigenvalue weighted by molar-refractivity contribution is -0.0884. The molecule has 0 saturated heterocycles. The van der Waals surface area contributed by atoms with Crippen molar-refractivity contribution in [3.05, 3.63) is 82.0 Å². The molecule has 1 aromatic carbocycles. The summed E-state index contributed by atoms with van der Waals surface area (Å²) < 4.78 is 50.4. The maximum absolute atomic E-state index is 12.9. The van der Waals surface area contributed by atoms with Gasteiger partial charge in [-0.15, -0.1) is 9.24 Å². The van der Waals surface area contributed by atoms with E-state index in [1.165, 1.54) is 29.9 Å². The van der Waals surface area contributed by atoms with E-state index in [-0.39, 0.29) is 11.9 Å². The van der Waals surface area contributed by atoms with Crippen molar-refractivity contribution in [3.8, 4) is 0 Å². The first-order valence-corrected chi connectivity index (χ1v) is 12.7. The summed E-state index contributed by atoms with van der Waals surface area (Å²) in [6, 6.07) is 6.88. The third-order valence-corrected chi connectivity index (χ3v) is 6.44. The molecule has 0 spiro atoms. The second-order valence-corrected chi connectivity index (χ2v) is 9.14. The molecule has 194 valence electrons. The minimum Gasteiger partial charge on any atom is -0.306 e. The van der Waals surface area contributed by atoms with Gasteiger partial charge in [0.25, 0.3) is 0 Å². The van der Waals surface area contributed by atoms with Gasteiger partial charge in [-0.05, 0) is 86.2 Å². The zero-order chi connectivity index (χ0) is 26.4. The Morgan fingerprint density at radius 1 is 1.20 bits per heavy atom. The lowest BCUT2D eigenvalue weighted by Gasteiger charge is -2.27. The molecule has 0 aromatic heterocycles. The largest absolute Gasteiger partial charge is 0.416 e. The highest BCUT2D eigenvalue weighted by atomic mass is 31.0. The SMILES string of the molecule is CCC/C=C1\C(=N)CCCC1NCc1ccc(F)cc1.C\C=C(P)/C(C)=C\C(=C\CC)C(F)(F)F. The number of hydrogen-bond donors (Lipinski definition) is 2. The molecule has 0 amide bonds. The van der Waals surface area contributed by atoms with Gasteiger partial charge in [0, 0.05) is 18.3 Å². The Kier molecular flexibility index (Phi) is 14.0. The fraction of sp³-hybridized carbons (Fsp3) is 0.464. The van der Waals surface area contributed by atoms with Crippen LogP contribution in [0, 0.1) is 11.2 Å². The van der Waals surface area contributed by atoms with E-state index in [0.717, 1.165) is 55.2 Å². The molecule has 2 unspecified atom stereocenters. The zero-order valence-corrected chi connectivity index (χ0v) is 22.4. The zero-order valence-electron chi connectivity index (χ0n) is 21.2. The Labute approximate surface area is 210 Å². The van der Waals surface area contributed by atoms with Crippen molar-refractivity contribution in [2.24, 2.45) is 0 Å². The third-order valence-electron chi connectivity index (χ3n) is 5.65. The molecular weight excluding hydrogens is 471 g/mol. The van der Waals surface area contributed by atoms with Gasteiger partial charge in [-0.3, -0.25) is 0 Å². The molecule has 0 aliphatic heterocycles. The van der Waals surface area contributed by atoms with Gasteiger partial charge in [0.1, 0.15) is 5.82 Å². The number of benzene rings is 1. The summed E-state index contributed by atoms with van der Waals surface area (Å²) in [6.07, 6.45) is 7.64. The van der Waals surface area contributed by atoms with Crippen LogP contribution < -0.4 is 5.32 Å². The smallest absolute Gasteiger partial charge is 0.306 e. The maximum Gasteiger partial charge on any atom is 0.416 e. The molecule has 0 heterocycles. The highest BCUT2D eigenvalue weighted by molar-refractivity contribution is 7.23. The summed E-state index contributed by atoms with van der Waals surface area (Å²) in [5.41, 5.74) is 3.06. The van der Waals surface area contributed by atoms with Gasteiger partial charge in [-0.1, -0.05) is 50.6 Å². The molecule has 1 fully saturated rings. The van der Waals surface area contributed by atoms with Crippen molar-refractivity contribution in [2.75, 3.05) is 0 Å². The fourth-order valence-electron chi connectivity index (χ4n) is 3.63. The lowest BCUT2D eigenvalue weighted by Crippen LogP contribution is -2.36. The van der Waals surface area contributed by atoms with Crippen molar-refractivity contribution < 1.29 is 17.6 Å². The van der Waals surface area contributed by atoms with Crippen LogP contribution in [-0.4, -0.2) is 17.9 Å². The Bertz CT molecular complexity index is 925. The topological polar surface area (TPSA) is 35.9 Å². The molecule has 1 aliphatic rings. The van der Waals surface area contributed by atoms with Crippen LogP contribution in [0.2, 0.25) is 0 Å². The normalized spacial score (nSPS) is 19.0. The van der Waals surface area contributed by atoms with Crippen LogP contribution in [0.4, 0.5) is 17.6 Å². The average molecular weight is 511 g/mol. The summed E-state index contributed by atoms with van der Waals surface area (Å²) in [5, 5.41) is 12.4. The molecule has 2 N–H and O–H groups in total. The van der Waals surface area contributed by atoms with Crippen molar-refractivity contribution in [1.29, 1.82) is 5.41 Å². The molecule has 1 aromatic rings. The fourth-order valence-corrected chi connectivity index (χ4v) is 3.72. The molecule has 0 bridgehead atoms. The van der Waals surface area contributed by atoms with E-state index >= 15 is 0 Å². The van der Waals surface area contributed by atoms with Gasteiger partial charge in [0.05, 0.1) is 5.57 Å². The predicted molar refractivity (Wildman–Crippen MR) is 143 cm³/mol. The van der Waals surface area contributed by atoms with Crippen LogP contribution in [0.15, 0.2) is 70.6 Å². The molecule has 1 aliphatic carbocycles. The molecule has 1 saturated carbocycles. The molecule has 0 radical (unpaired) electrons. The van der Waals surface area contributed by atoms with Crippen LogP contribution >= 0.6 is 9.24 Å². The van der Waals surface area contributed by atoms with Gasteiger partial charge in [-0.25, -0.2) is 4.39 Å². The maximum atomic E-state index is 12.9. The summed E-state index contributed by atoms with van der Waals surface area (Å²) >= 11 is 0. The van der Waals surface area contributed by atoms with Crippen molar-refractivity contribution in [2.45, 2.75) is 85.0 Å². The van der Waals surface area contributed by atoms with Crippen LogP contribution in [-0.2, 0) is 6.54 Å². The number of rotatable bonds is 8. The van der Waals surface area contributed by atoms with Gasteiger partial charge >= 0.3 is 6.18 Å². The van der Waals surface area contributed by atoms with E-state index in [1.807, 2.05) is 12.1 Å². The Hall–Kier alpha value is -2.04. The van der Waals surface area contributed by atoms with E-state index in [9.17, 15) is 17.6 Å². The highest BCUT2D eigenvalue weighted by Gasteiger charge is 2.31. The molecule has 7 heteroatoms. The number of alkyl halides is 3. The van der Waals surface area contributed by atoms with Crippen LogP contribution in [0.25, 0.3) is 0 Å². The van der Waals surface area contributed by atoms with E-state index in [0.29, 0.717) is 12.0 Å². The van der Waals surface area contributed by atoms with E-state index in [2.05, 4.69) is 27.6 Å². The van der Waals surface area contributed by atoms with Gasteiger partial charge < -0.3 is 10.7 Å². The Morgan fingerprint density at radius 3 is 2.40 bits per heavy atom. The molecule has 2 nitrogen and oxygen atoms in total. The van der Waals surface area contributed by atoms with Crippen molar-refractivity contribution >= 4 is 15.0 Å². The summed E-state index contributed by atoms with van der Waals surface area (Å²) in [6.45, 7) is 8.02. The van der Waals surface area contributed by atoms with Crippen LogP contribution in [0.3, 0.4) is 0 Å². The van der Waals surface area contributed by atoms with Gasteiger partial charge in [-0.2, -0.15) is 13.2 Å². The molecule has 2 rings (SSSR count). The van der Waals surface area contributed by atoms with E-state index < -0.39 is 11.7 Å². The standard InChI is InChI=1S/C17H23FN2.C11H16F3P/c1-2-3-5-15-16(19)6-4-7-17(15)20-12-13-8-10-14(18)11-9-13;1-4-6-9(11(12,13)14)7-8(3)10(15)5-2/h5,8-11,17,19-20H,2-4,6-7,12H2,1H3;5-7H,4,15H2,1-3H3/b15-5+,19-16?;8-7-,9-6-,10-5+. The minimum atomic E-state index is -4.27. The number of hydrogen-bond acceptors (Lipinski definition) is 2. The average Bonchev–Trinajstić information content (AvgIpc) is 2.82. The first-order chi connectivity index (χ1) is 16.5. The molecule has 35 heavy (non-hydrogen) atoms. The van der Waals surface area contributed by atoms with Crippen molar-refractivity contribution in [3.63, 3.8) is 0 Å². The summed E-state index contributed by atoms with van der Waals surface area (Å²) in [5.74, 6) is -0.197. The summed E-state index contributed by atoms with van der Waals surface area (Å²) in [7, 11) is 2.41. The highest BCUT2D eigenvalue weighted by Crippen LogP contribution is 2.30. The Morgan fingerprint density at radius 2 is 1.86 bits per heavy atom. The van der Waals surface area contributed by atoms with E-state index in [1.54, 1.807) is 26.8 Å². The first-order valence-electron chi connectivity index (χ1n) is 12.2. The number of unbranched alkanes of at least 4 members (excludes halogenated alkanes) is 1. The number of halogens is 4. The van der Waals surface area contributed by atoms with Crippen molar-refractivity contribution in [1.82, 2.24) is 5.32 Å². The lowest BCUT2D eigenvalue weighted by atomic mass is 9.87.